The number of alkyl halides is 3. The summed E-state index contributed by atoms with van der Waals surface area (Å²) in [5, 5.41) is 6.41. The fraction of sp³-hybridized carbons (Fsp3) is 0.286. The van der Waals surface area contributed by atoms with Gasteiger partial charge in [0.1, 0.15) is 5.75 Å². The molecule has 3 rings (SSSR count). The van der Waals surface area contributed by atoms with Crippen LogP contribution in [0.5, 0.6) is 5.75 Å². The number of hydrogen-bond donors (Lipinski definition) is 1. The molecule has 0 aliphatic carbocycles. The average molecular weight is 484 g/mol. The minimum Gasteiger partial charge on any atom is -0.406 e. The molecule has 2 heterocycles. The summed E-state index contributed by atoms with van der Waals surface area (Å²) in [5.41, 5.74) is 1.36. The molecule has 0 saturated heterocycles. The van der Waals surface area contributed by atoms with Crippen LogP contribution < -0.4 is 14.9 Å². The highest BCUT2D eigenvalue weighted by Gasteiger charge is 2.31. The summed E-state index contributed by atoms with van der Waals surface area (Å²) in [6.07, 6.45) is -3.98. The van der Waals surface area contributed by atoms with Crippen LogP contribution in [0.1, 0.15) is 18.2 Å². The Hall–Kier alpha value is -2.92. The van der Waals surface area contributed by atoms with Crippen molar-refractivity contribution in [3.63, 3.8) is 0 Å². The highest BCUT2D eigenvalue weighted by molar-refractivity contribution is 7.10. The third-order valence-electron chi connectivity index (χ3n) is 4.24. The number of thiazole rings is 1. The number of hydrogen-bond acceptors (Lipinski definition) is 5. The van der Waals surface area contributed by atoms with Gasteiger partial charge in [-0.3, -0.25) is 9.59 Å². The number of thiophene rings is 1. The van der Waals surface area contributed by atoms with Crippen LogP contribution in [0.4, 0.5) is 13.2 Å². The Bertz CT molecular complexity index is 1120. The summed E-state index contributed by atoms with van der Waals surface area (Å²) in [5.74, 6) is -0.744. The van der Waals surface area contributed by atoms with Crippen LogP contribution in [-0.4, -0.2) is 29.3 Å². The van der Waals surface area contributed by atoms with Crippen LogP contribution in [0.3, 0.4) is 0 Å². The predicted octanol–water partition coefficient (Wildman–Crippen LogP) is 4.37. The Kier molecular flexibility index (Phi) is 7.86. The van der Waals surface area contributed by atoms with Crippen molar-refractivity contribution in [2.75, 3.05) is 6.54 Å². The van der Waals surface area contributed by atoms with Gasteiger partial charge in [-0.2, -0.15) is 4.99 Å². The molecule has 0 bridgehead atoms. The monoisotopic (exact) mass is 483 g/mol. The van der Waals surface area contributed by atoms with E-state index in [1.54, 1.807) is 5.38 Å². The second-order valence-electron chi connectivity index (χ2n) is 6.73. The van der Waals surface area contributed by atoms with E-state index in [0.717, 1.165) is 4.88 Å². The summed E-state index contributed by atoms with van der Waals surface area (Å²) >= 11 is 2.75. The van der Waals surface area contributed by atoms with Crippen LogP contribution in [-0.2, 0) is 22.6 Å². The van der Waals surface area contributed by atoms with Crippen molar-refractivity contribution in [1.29, 1.82) is 0 Å². The Morgan fingerprint density at radius 3 is 2.53 bits per heavy atom. The smallest absolute Gasteiger partial charge is 0.406 e. The maximum absolute atomic E-state index is 12.4. The van der Waals surface area contributed by atoms with Gasteiger partial charge in [-0.25, -0.2) is 0 Å². The van der Waals surface area contributed by atoms with E-state index in [4.69, 9.17) is 0 Å². The van der Waals surface area contributed by atoms with Crippen LogP contribution in [0.2, 0.25) is 0 Å². The van der Waals surface area contributed by atoms with Crippen molar-refractivity contribution in [3.8, 4) is 17.0 Å². The van der Waals surface area contributed by atoms with Gasteiger partial charge in [-0.1, -0.05) is 6.07 Å². The van der Waals surface area contributed by atoms with E-state index in [2.05, 4.69) is 15.0 Å². The van der Waals surface area contributed by atoms with E-state index < -0.39 is 6.36 Å². The second-order valence-corrected chi connectivity index (χ2v) is 8.59. The van der Waals surface area contributed by atoms with E-state index in [-0.39, 0.29) is 24.0 Å². The molecule has 0 aliphatic rings. The number of amides is 2. The first-order valence-corrected chi connectivity index (χ1v) is 11.4. The summed E-state index contributed by atoms with van der Waals surface area (Å²) in [6.45, 7) is 2.33. The van der Waals surface area contributed by atoms with Crippen molar-refractivity contribution in [1.82, 2.24) is 9.88 Å². The summed E-state index contributed by atoms with van der Waals surface area (Å²) in [7, 11) is 0. The van der Waals surface area contributed by atoms with E-state index >= 15 is 0 Å². The molecule has 6 nitrogen and oxygen atoms in total. The van der Waals surface area contributed by atoms with E-state index in [9.17, 15) is 22.8 Å². The lowest BCUT2D eigenvalue weighted by Crippen LogP contribution is -2.24. The molecular formula is C21H20F3N3O3S2. The van der Waals surface area contributed by atoms with Crippen molar-refractivity contribution in [2.45, 2.75) is 32.7 Å². The molecule has 2 amide bonds. The Balaban J connectivity index is 1.86. The normalized spacial score (nSPS) is 12.1. The predicted molar refractivity (Wildman–Crippen MR) is 116 cm³/mol. The Labute approximate surface area is 190 Å². The van der Waals surface area contributed by atoms with Crippen molar-refractivity contribution >= 4 is 34.5 Å². The summed E-state index contributed by atoms with van der Waals surface area (Å²) < 4.78 is 43.0. The lowest BCUT2D eigenvalue weighted by atomic mass is 10.1. The summed E-state index contributed by atoms with van der Waals surface area (Å²) in [6, 6.07) is 9.24. The first-order chi connectivity index (χ1) is 15.2. The molecule has 0 atom stereocenters. The zero-order valence-electron chi connectivity index (χ0n) is 17.0. The quantitative estimate of drug-likeness (QED) is 0.484. The van der Waals surface area contributed by atoms with E-state index in [1.165, 1.54) is 53.9 Å². The molecule has 170 valence electrons. The number of rotatable bonds is 8. The zero-order valence-corrected chi connectivity index (χ0v) is 18.6. The molecule has 32 heavy (non-hydrogen) atoms. The third kappa shape index (κ3) is 7.06. The Morgan fingerprint density at radius 2 is 1.91 bits per heavy atom. The highest BCUT2D eigenvalue weighted by Crippen LogP contribution is 2.27. The fourth-order valence-electron chi connectivity index (χ4n) is 2.90. The molecular weight excluding hydrogens is 463 g/mol. The van der Waals surface area contributed by atoms with Gasteiger partial charge < -0.3 is 14.6 Å². The van der Waals surface area contributed by atoms with Crippen molar-refractivity contribution in [3.05, 3.63) is 56.8 Å². The first-order valence-electron chi connectivity index (χ1n) is 9.60. The van der Waals surface area contributed by atoms with E-state index in [0.29, 0.717) is 35.6 Å². The molecule has 0 aliphatic heterocycles. The molecule has 0 radical (unpaired) electrons. The maximum atomic E-state index is 12.4. The van der Waals surface area contributed by atoms with Gasteiger partial charge in [0.05, 0.1) is 12.1 Å². The minimum absolute atomic E-state index is 0.142. The maximum Gasteiger partial charge on any atom is 0.573 e. The van der Waals surface area contributed by atoms with Crippen molar-refractivity contribution < 1.29 is 27.5 Å². The number of carbonyl (C=O) groups excluding carboxylic acids is 2. The largest absolute Gasteiger partial charge is 0.573 e. The topological polar surface area (TPSA) is 72.7 Å². The summed E-state index contributed by atoms with van der Waals surface area (Å²) in [4.78, 5) is 29.2. The average Bonchev–Trinajstić information content (AvgIpc) is 3.35. The number of nitrogens with one attached hydrogen (secondary N) is 1. The van der Waals surface area contributed by atoms with Crippen LogP contribution >= 0.6 is 22.7 Å². The van der Waals surface area contributed by atoms with Crippen LogP contribution in [0.15, 0.2) is 52.2 Å². The number of halogens is 3. The minimum atomic E-state index is -4.76. The molecule has 0 fully saturated rings. The highest BCUT2D eigenvalue weighted by atomic mass is 32.1. The SMILES string of the molecule is CC(=O)NCCCn1c(-c2ccc(OC(F)(F)F)cc2)cs/c1=N\C(=O)Cc1cccs1. The van der Waals surface area contributed by atoms with Gasteiger partial charge in [0, 0.05) is 30.3 Å². The zero-order chi connectivity index (χ0) is 23.1. The molecule has 0 spiro atoms. The first kappa shape index (κ1) is 23.7. The number of nitrogens with zero attached hydrogens (tertiary/aromatic N) is 2. The van der Waals surface area contributed by atoms with Gasteiger partial charge in [0.25, 0.3) is 5.91 Å². The molecule has 1 aromatic carbocycles. The van der Waals surface area contributed by atoms with Gasteiger partial charge in [-0.05, 0) is 47.7 Å². The molecule has 0 unspecified atom stereocenters. The van der Waals surface area contributed by atoms with Gasteiger partial charge in [0.2, 0.25) is 5.91 Å². The second kappa shape index (κ2) is 10.6. The van der Waals surface area contributed by atoms with Crippen molar-refractivity contribution in [2.24, 2.45) is 4.99 Å². The van der Waals surface area contributed by atoms with Crippen LogP contribution in [0, 0.1) is 0 Å². The molecule has 11 heteroatoms. The number of benzene rings is 1. The number of aromatic nitrogens is 1. The lowest BCUT2D eigenvalue weighted by molar-refractivity contribution is -0.274. The van der Waals surface area contributed by atoms with Gasteiger partial charge in [-0.15, -0.1) is 35.8 Å². The molecule has 2 aromatic heterocycles. The van der Waals surface area contributed by atoms with Gasteiger partial charge in [0.15, 0.2) is 4.80 Å². The Morgan fingerprint density at radius 1 is 1.16 bits per heavy atom. The van der Waals surface area contributed by atoms with Gasteiger partial charge >= 0.3 is 6.36 Å². The molecule has 3 aromatic rings. The van der Waals surface area contributed by atoms with E-state index in [1.807, 2.05) is 22.1 Å². The third-order valence-corrected chi connectivity index (χ3v) is 5.98. The fourth-order valence-corrected chi connectivity index (χ4v) is 4.55. The molecule has 1 N–H and O–H groups in total. The standard InChI is InChI=1S/C21H20F3N3O3S2/c1-14(28)25-9-3-10-27-18(15-5-7-16(8-6-15)30-21(22,23)24)13-32-20(27)26-19(29)12-17-4-2-11-31-17/h2,4-8,11,13H,3,9-10,12H2,1H3,(H,25,28)/b26-20-. The molecule has 0 saturated carbocycles. The van der Waals surface area contributed by atoms with Crippen LogP contribution in [0.25, 0.3) is 11.3 Å². The lowest BCUT2D eigenvalue weighted by Gasteiger charge is -2.11. The number of carbonyl (C=O) groups is 2. The number of ether oxygens (including phenoxy) is 1.